The van der Waals surface area contributed by atoms with Gasteiger partial charge in [0.15, 0.2) is 18.7 Å². The quantitative estimate of drug-likeness (QED) is 0.0647. The van der Waals surface area contributed by atoms with E-state index in [2.05, 4.69) is 54.5 Å². The Hall–Kier alpha value is -2.08. The molecule has 8 fully saturated rings. The lowest BCUT2D eigenvalue weighted by Crippen LogP contribution is -2.67. The molecule has 434 valence electrons. The van der Waals surface area contributed by atoms with Gasteiger partial charge in [0.05, 0.1) is 31.3 Å². The van der Waals surface area contributed by atoms with Crippen LogP contribution in [0.15, 0.2) is 11.6 Å². The van der Waals surface area contributed by atoms with Crippen LogP contribution in [0.5, 0.6) is 0 Å². The van der Waals surface area contributed by atoms with E-state index in [1.54, 1.807) is 0 Å². The lowest BCUT2D eigenvalue weighted by molar-refractivity contribution is -0.376. The molecule has 76 heavy (non-hydrogen) atoms. The fraction of sp³-hybridized carbons (Fsp3) is 0.925. The first-order valence-electron chi connectivity index (χ1n) is 27.2. The second-order valence-electron chi connectivity index (χ2n) is 25.9. The van der Waals surface area contributed by atoms with Crippen molar-refractivity contribution in [2.45, 2.75) is 235 Å². The van der Waals surface area contributed by atoms with Crippen molar-refractivity contribution in [2.24, 2.45) is 50.2 Å². The molecule has 4 heterocycles. The van der Waals surface area contributed by atoms with Gasteiger partial charge >= 0.3 is 11.9 Å². The molecule has 23 nitrogen and oxygen atoms in total. The summed E-state index contributed by atoms with van der Waals surface area (Å²) in [5, 5.41) is 138. The fourth-order valence-electron chi connectivity index (χ4n) is 16.1. The molecule has 13 N–H and O–H groups in total. The molecule has 27 atom stereocenters. The number of rotatable bonds is 10. The van der Waals surface area contributed by atoms with Gasteiger partial charge in [0.25, 0.3) is 0 Å². The molecule has 0 aromatic carbocycles. The Labute approximate surface area is 442 Å². The third-order valence-electron chi connectivity index (χ3n) is 21.0. The van der Waals surface area contributed by atoms with Crippen LogP contribution in [0.1, 0.15) is 113 Å². The van der Waals surface area contributed by atoms with Gasteiger partial charge in [0.1, 0.15) is 85.5 Å². The predicted molar refractivity (Wildman–Crippen MR) is 257 cm³/mol. The number of esters is 2. The third-order valence-corrected chi connectivity index (χ3v) is 21.0. The summed E-state index contributed by atoms with van der Waals surface area (Å²) in [7, 11) is 0. The minimum absolute atomic E-state index is 0.0107. The standard InChI is InChI=1S/C53H84O23/c1-48(2)14-16-53(47(68)76-45-39(66)34(61)32(59)26(20-55)71-45)17-15-51(6)22(23(53)18-48)8-9-28-50(5)12-11-29(49(3,4)27(50)10-13-52(28,51)7)72-46-41(74-44-38(65)33(60)31(58)25(19-54)70-44)36(63)35(62)40(73-46)42(67)75-43-37(64)30(57)24(56)21-69-43/h8,23-41,43-46,54-66H,9-21H2,1-7H3. The van der Waals surface area contributed by atoms with Gasteiger partial charge in [-0.15, -0.1) is 0 Å². The Morgan fingerprint density at radius 2 is 1.20 bits per heavy atom. The maximum atomic E-state index is 14.8. The molecular formula is C53H84O23. The fourth-order valence-corrected chi connectivity index (χ4v) is 16.1. The SMILES string of the molecule is CC1(C)CCC2(C(=O)OC3OC(CO)C(O)C(O)C3O)CCC3(C)C(=CCC4C5(C)CCC(OC6OC(C(=O)OC7OCC(O)C(O)C7O)C(O)C(O)C6OC6OC(CO)C(O)C(O)C6O)C(C)(C)C5CCC43C)C2C1. The molecule has 0 amide bonds. The van der Waals surface area contributed by atoms with Crippen molar-refractivity contribution in [1.82, 2.24) is 0 Å². The van der Waals surface area contributed by atoms with Crippen molar-refractivity contribution in [1.29, 1.82) is 0 Å². The molecule has 4 saturated carbocycles. The minimum Gasteiger partial charge on any atom is -0.432 e. The number of hydrogen-bond acceptors (Lipinski definition) is 23. The lowest BCUT2D eigenvalue weighted by Gasteiger charge is -2.71. The predicted octanol–water partition coefficient (Wildman–Crippen LogP) is -1.87. The highest BCUT2D eigenvalue weighted by molar-refractivity contribution is 5.79. The van der Waals surface area contributed by atoms with Crippen molar-refractivity contribution in [2.75, 3.05) is 19.8 Å². The molecule has 0 spiro atoms. The summed E-state index contributed by atoms with van der Waals surface area (Å²) in [4.78, 5) is 28.5. The Kier molecular flexibility index (Phi) is 16.2. The summed E-state index contributed by atoms with van der Waals surface area (Å²) in [5.74, 6) is -1.91. The van der Waals surface area contributed by atoms with E-state index < -0.39 is 165 Å². The zero-order chi connectivity index (χ0) is 55.6. The maximum Gasteiger partial charge on any atom is 0.340 e. The van der Waals surface area contributed by atoms with Crippen LogP contribution in [0, 0.1) is 50.2 Å². The average Bonchev–Trinajstić information content (AvgIpc) is 3.37. The first kappa shape index (κ1) is 58.6. The topological polar surface area (TPSA) is 371 Å². The first-order valence-corrected chi connectivity index (χ1v) is 27.2. The van der Waals surface area contributed by atoms with Gasteiger partial charge in [-0.1, -0.05) is 60.1 Å². The molecule has 0 radical (unpaired) electrons. The highest BCUT2D eigenvalue weighted by Crippen LogP contribution is 2.76. The number of aliphatic hydroxyl groups is 13. The third kappa shape index (κ3) is 9.42. The molecule has 23 heteroatoms. The smallest absolute Gasteiger partial charge is 0.340 e. The van der Waals surface area contributed by atoms with Crippen molar-refractivity contribution >= 4 is 11.9 Å². The largest absolute Gasteiger partial charge is 0.432 e. The van der Waals surface area contributed by atoms with E-state index in [9.17, 15) is 76.0 Å². The van der Waals surface area contributed by atoms with Crippen LogP contribution >= 0.6 is 0 Å². The summed E-state index contributed by atoms with van der Waals surface area (Å²) in [6.07, 6.45) is -24.9. The van der Waals surface area contributed by atoms with Crippen LogP contribution in [0.3, 0.4) is 0 Å². The molecule has 0 bridgehead atoms. The number of carbonyl (C=O) groups excluding carboxylic acids is 2. The van der Waals surface area contributed by atoms with E-state index in [1.165, 1.54) is 5.57 Å². The highest BCUT2D eigenvalue weighted by atomic mass is 16.8. The van der Waals surface area contributed by atoms with Crippen LogP contribution in [0.25, 0.3) is 0 Å². The monoisotopic (exact) mass is 1090 g/mol. The molecule has 5 aliphatic carbocycles. The minimum atomic E-state index is -2.11. The van der Waals surface area contributed by atoms with Crippen LogP contribution in [0.2, 0.25) is 0 Å². The van der Waals surface area contributed by atoms with Crippen molar-refractivity contribution in [3.8, 4) is 0 Å². The maximum absolute atomic E-state index is 14.8. The van der Waals surface area contributed by atoms with Gasteiger partial charge in [0.2, 0.25) is 12.6 Å². The summed E-state index contributed by atoms with van der Waals surface area (Å²) in [6, 6.07) is 0. The number of carbonyl (C=O) groups is 2. The molecule has 4 aliphatic heterocycles. The zero-order valence-corrected chi connectivity index (χ0v) is 44.4. The summed E-state index contributed by atoms with van der Waals surface area (Å²) in [5.41, 5.74) is -1.40. The van der Waals surface area contributed by atoms with Gasteiger partial charge < -0.3 is 104 Å². The summed E-state index contributed by atoms with van der Waals surface area (Å²) in [6.45, 7) is 13.7. The van der Waals surface area contributed by atoms with Gasteiger partial charge in [-0.2, -0.15) is 0 Å². The van der Waals surface area contributed by atoms with E-state index in [4.69, 9.17) is 37.9 Å². The van der Waals surface area contributed by atoms with Gasteiger partial charge in [-0.3, -0.25) is 4.79 Å². The molecule has 0 aromatic rings. The molecule has 27 unspecified atom stereocenters. The highest BCUT2D eigenvalue weighted by Gasteiger charge is 2.70. The normalized spacial score (nSPS) is 52.9. The first-order chi connectivity index (χ1) is 35.5. The van der Waals surface area contributed by atoms with E-state index >= 15 is 0 Å². The van der Waals surface area contributed by atoms with E-state index in [0.29, 0.717) is 38.5 Å². The van der Waals surface area contributed by atoms with Crippen molar-refractivity contribution < 1.29 is 114 Å². The second-order valence-corrected chi connectivity index (χ2v) is 25.9. The van der Waals surface area contributed by atoms with Crippen molar-refractivity contribution in [3.05, 3.63) is 11.6 Å². The Morgan fingerprint density at radius 3 is 1.84 bits per heavy atom. The van der Waals surface area contributed by atoms with Crippen LogP contribution in [0.4, 0.5) is 0 Å². The Bertz CT molecular complexity index is 2140. The van der Waals surface area contributed by atoms with E-state index in [1.807, 2.05) is 0 Å². The molecule has 9 rings (SSSR count). The Morgan fingerprint density at radius 1 is 0.592 bits per heavy atom. The number of allylic oxidation sites excluding steroid dienone is 2. The van der Waals surface area contributed by atoms with Crippen LogP contribution in [-0.2, 0) is 47.5 Å². The van der Waals surface area contributed by atoms with E-state index in [0.717, 1.165) is 25.7 Å². The molecule has 0 aromatic heterocycles. The van der Waals surface area contributed by atoms with Crippen LogP contribution < -0.4 is 0 Å². The number of fused-ring (bicyclic) bond motifs is 7. The average molecular weight is 1090 g/mol. The second kappa shape index (κ2) is 21.0. The molecule has 4 saturated heterocycles. The van der Waals surface area contributed by atoms with Gasteiger partial charge in [-0.05, 0) is 109 Å². The summed E-state index contributed by atoms with van der Waals surface area (Å²) >= 11 is 0. The summed E-state index contributed by atoms with van der Waals surface area (Å²) < 4.78 is 46.9. The Balaban J connectivity index is 0.976. The number of hydrogen-bond donors (Lipinski definition) is 13. The lowest BCUT2D eigenvalue weighted by atomic mass is 9.33. The molecule has 9 aliphatic rings. The van der Waals surface area contributed by atoms with Crippen LogP contribution in [-0.4, -0.2) is 221 Å². The zero-order valence-electron chi connectivity index (χ0n) is 44.4. The number of ether oxygens (including phenoxy) is 8. The molecular weight excluding hydrogens is 1000 g/mol. The number of aliphatic hydroxyl groups excluding tert-OH is 13. The van der Waals surface area contributed by atoms with Crippen molar-refractivity contribution in [3.63, 3.8) is 0 Å². The van der Waals surface area contributed by atoms with Gasteiger partial charge in [-0.25, -0.2) is 4.79 Å². The van der Waals surface area contributed by atoms with E-state index in [-0.39, 0.29) is 39.4 Å². The van der Waals surface area contributed by atoms with Gasteiger partial charge in [0, 0.05) is 0 Å².